The predicted molar refractivity (Wildman–Crippen MR) is 175 cm³/mol. The first kappa shape index (κ1) is 32.2. The van der Waals surface area contributed by atoms with E-state index in [2.05, 4.69) is 32.1 Å². The van der Waals surface area contributed by atoms with Crippen LogP contribution >= 0.6 is 0 Å². The van der Waals surface area contributed by atoms with E-state index in [1.165, 1.54) is 11.8 Å². The molecule has 2 fully saturated rings. The van der Waals surface area contributed by atoms with Gasteiger partial charge >= 0.3 is 6.18 Å². The molecule has 6 rings (SSSR count). The standard InChI is InChI=1S/C25H25F3N2O.C11H16N2O/c1-31-24-10-6-5-9-23(24)30-15-13-29(14-16-30)18-21-17-20(19-7-3-2-4-8-19)11-12-22(21)25(26,27)28;1-14-11-5-3-2-4-10(11)13-8-6-12-7-9-13/h2-12,17H,13-16,18H2,1H3;2-5,12H,6-9H2,1H3. The van der Waals surface area contributed by atoms with Crippen LogP contribution in [0.4, 0.5) is 24.5 Å². The number of anilines is 2. The summed E-state index contributed by atoms with van der Waals surface area (Å²) in [7, 11) is 3.37. The van der Waals surface area contributed by atoms with Gasteiger partial charge in [0.15, 0.2) is 0 Å². The monoisotopic (exact) mass is 618 g/mol. The fourth-order valence-electron chi connectivity index (χ4n) is 5.89. The van der Waals surface area contributed by atoms with Crippen LogP contribution in [0.2, 0.25) is 0 Å². The van der Waals surface area contributed by atoms with Crippen LogP contribution in [0.15, 0.2) is 97.1 Å². The molecular formula is C36H41F3N4O2. The van der Waals surface area contributed by atoms with Crippen molar-refractivity contribution in [2.45, 2.75) is 12.7 Å². The maximum Gasteiger partial charge on any atom is 0.416 e. The van der Waals surface area contributed by atoms with Gasteiger partial charge in [-0.15, -0.1) is 0 Å². The highest BCUT2D eigenvalue weighted by molar-refractivity contribution is 5.65. The molecule has 0 aliphatic carbocycles. The molecule has 4 aromatic rings. The van der Waals surface area contributed by atoms with Gasteiger partial charge in [-0.3, -0.25) is 4.90 Å². The van der Waals surface area contributed by atoms with Gasteiger partial charge < -0.3 is 24.6 Å². The molecule has 0 bridgehead atoms. The lowest BCUT2D eigenvalue weighted by Crippen LogP contribution is -2.46. The molecule has 2 heterocycles. The Kier molecular flexibility index (Phi) is 10.9. The van der Waals surface area contributed by atoms with E-state index in [-0.39, 0.29) is 6.54 Å². The Balaban J connectivity index is 0.000000238. The summed E-state index contributed by atoms with van der Waals surface area (Å²) in [5.41, 5.74) is 3.71. The van der Waals surface area contributed by atoms with E-state index < -0.39 is 11.7 Å². The molecule has 238 valence electrons. The number of hydrogen-bond donors (Lipinski definition) is 1. The van der Waals surface area contributed by atoms with E-state index in [1.54, 1.807) is 26.4 Å². The molecule has 0 spiro atoms. The Bertz CT molecular complexity index is 1500. The number of halogens is 3. The van der Waals surface area contributed by atoms with Crippen LogP contribution < -0.4 is 24.6 Å². The number of nitrogens with one attached hydrogen (secondary N) is 1. The van der Waals surface area contributed by atoms with Gasteiger partial charge in [-0.2, -0.15) is 13.2 Å². The summed E-state index contributed by atoms with van der Waals surface area (Å²) in [6, 6.07) is 30.0. The van der Waals surface area contributed by atoms with Crippen molar-refractivity contribution in [3.8, 4) is 22.6 Å². The fraction of sp³-hybridized carbons (Fsp3) is 0.333. The summed E-state index contributed by atoms with van der Waals surface area (Å²) in [5, 5.41) is 3.34. The molecule has 2 aliphatic heterocycles. The van der Waals surface area contributed by atoms with Crippen LogP contribution in [-0.4, -0.2) is 71.5 Å². The van der Waals surface area contributed by atoms with Crippen LogP contribution in [0.1, 0.15) is 11.1 Å². The number of nitrogens with zero attached hydrogens (tertiary/aromatic N) is 3. The van der Waals surface area contributed by atoms with Gasteiger partial charge in [-0.05, 0) is 53.1 Å². The number of para-hydroxylation sites is 4. The van der Waals surface area contributed by atoms with Crippen molar-refractivity contribution < 1.29 is 22.6 Å². The molecule has 2 saturated heterocycles. The van der Waals surface area contributed by atoms with Gasteiger partial charge in [-0.25, -0.2) is 0 Å². The lowest BCUT2D eigenvalue weighted by atomic mass is 9.98. The van der Waals surface area contributed by atoms with Gasteiger partial charge in [0.2, 0.25) is 0 Å². The summed E-state index contributed by atoms with van der Waals surface area (Å²) < 4.78 is 51.8. The van der Waals surface area contributed by atoms with E-state index in [0.717, 1.165) is 67.6 Å². The van der Waals surface area contributed by atoms with Crippen molar-refractivity contribution in [1.82, 2.24) is 10.2 Å². The zero-order valence-corrected chi connectivity index (χ0v) is 25.9. The molecular weight excluding hydrogens is 577 g/mol. The highest BCUT2D eigenvalue weighted by atomic mass is 19.4. The van der Waals surface area contributed by atoms with E-state index in [1.807, 2.05) is 66.7 Å². The van der Waals surface area contributed by atoms with E-state index in [4.69, 9.17) is 9.47 Å². The van der Waals surface area contributed by atoms with E-state index >= 15 is 0 Å². The fourth-order valence-corrected chi connectivity index (χ4v) is 5.89. The van der Waals surface area contributed by atoms with Gasteiger partial charge in [0, 0.05) is 58.9 Å². The summed E-state index contributed by atoms with van der Waals surface area (Å²) in [6.45, 7) is 7.34. The first-order valence-corrected chi connectivity index (χ1v) is 15.3. The second-order valence-corrected chi connectivity index (χ2v) is 11.1. The number of piperazine rings is 2. The Morgan fingerprint density at radius 2 is 1.16 bits per heavy atom. The molecule has 0 saturated carbocycles. The Morgan fingerprint density at radius 1 is 0.622 bits per heavy atom. The molecule has 0 radical (unpaired) electrons. The smallest absolute Gasteiger partial charge is 0.416 e. The third-order valence-electron chi connectivity index (χ3n) is 8.25. The second kappa shape index (κ2) is 15.2. The lowest BCUT2D eigenvalue weighted by Gasteiger charge is -2.37. The lowest BCUT2D eigenvalue weighted by molar-refractivity contribution is -0.138. The number of rotatable bonds is 7. The molecule has 0 amide bonds. The number of benzene rings is 4. The molecule has 1 N–H and O–H groups in total. The largest absolute Gasteiger partial charge is 0.495 e. The van der Waals surface area contributed by atoms with E-state index in [0.29, 0.717) is 18.7 Å². The summed E-state index contributed by atoms with van der Waals surface area (Å²) >= 11 is 0. The first-order valence-electron chi connectivity index (χ1n) is 15.3. The average Bonchev–Trinajstić information content (AvgIpc) is 3.09. The highest BCUT2D eigenvalue weighted by Crippen LogP contribution is 2.36. The minimum Gasteiger partial charge on any atom is -0.495 e. The Morgan fingerprint density at radius 3 is 1.71 bits per heavy atom. The molecule has 0 atom stereocenters. The maximum absolute atomic E-state index is 13.7. The molecule has 4 aromatic carbocycles. The van der Waals surface area contributed by atoms with Crippen LogP contribution in [-0.2, 0) is 12.7 Å². The molecule has 0 unspecified atom stereocenters. The molecule has 6 nitrogen and oxygen atoms in total. The minimum atomic E-state index is -4.37. The van der Waals surface area contributed by atoms with Gasteiger partial charge in [0.05, 0.1) is 31.2 Å². The van der Waals surface area contributed by atoms with E-state index in [9.17, 15) is 13.2 Å². The van der Waals surface area contributed by atoms with Crippen molar-refractivity contribution in [2.75, 3.05) is 76.4 Å². The summed E-state index contributed by atoms with van der Waals surface area (Å²) in [5.74, 6) is 1.78. The summed E-state index contributed by atoms with van der Waals surface area (Å²) in [6.07, 6.45) is -4.37. The van der Waals surface area contributed by atoms with Gasteiger partial charge in [-0.1, -0.05) is 60.7 Å². The number of methoxy groups -OCH3 is 2. The van der Waals surface area contributed by atoms with Crippen LogP contribution in [0.3, 0.4) is 0 Å². The quantitative estimate of drug-likeness (QED) is 0.246. The molecule has 45 heavy (non-hydrogen) atoms. The van der Waals surface area contributed by atoms with Crippen molar-refractivity contribution >= 4 is 11.4 Å². The number of alkyl halides is 3. The zero-order chi connectivity index (χ0) is 31.6. The third kappa shape index (κ3) is 8.29. The third-order valence-corrected chi connectivity index (χ3v) is 8.25. The highest BCUT2D eigenvalue weighted by Gasteiger charge is 2.34. The topological polar surface area (TPSA) is 40.2 Å². The number of ether oxygens (including phenoxy) is 2. The second-order valence-electron chi connectivity index (χ2n) is 11.1. The van der Waals surface area contributed by atoms with Crippen LogP contribution in [0, 0.1) is 0 Å². The van der Waals surface area contributed by atoms with Crippen molar-refractivity contribution in [3.05, 3.63) is 108 Å². The molecule has 2 aliphatic rings. The maximum atomic E-state index is 13.7. The molecule has 0 aromatic heterocycles. The van der Waals surface area contributed by atoms with Crippen molar-refractivity contribution in [2.24, 2.45) is 0 Å². The van der Waals surface area contributed by atoms with Crippen LogP contribution in [0.5, 0.6) is 11.5 Å². The Labute approximate surface area is 264 Å². The van der Waals surface area contributed by atoms with Crippen LogP contribution in [0.25, 0.3) is 11.1 Å². The van der Waals surface area contributed by atoms with Gasteiger partial charge in [0.1, 0.15) is 11.5 Å². The predicted octanol–water partition coefficient (Wildman–Crippen LogP) is 6.81. The van der Waals surface area contributed by atoms with Gasteiger partial charge in [0.25, 0.3) is 0 Å². The van der Waals surface area contributed by atoms with Crippen molar-refractivity contribution in [3.63, 3.8) is 0 Å². The Hall–Kier alpha value is -4.21. The normalized spacial score (nSPS) is 15.7. The average molecular weight is 619 g/mol. The summed E-state index contributed by atoms with van der Waals surface area (Å²) in [4.78, 5) is 6.67. The first-order chi connectivity index (χ1) is 21.9. The van der Waals surface area contributed by atoms with Crippen molar-refractivity contribution in [1.29, 1.82) is 0 Å². The zero-order valence-electron chi connectivity index (χ0n) is 25.9. The minimum absolute atomic E-state index is 0.273. The number of hydrogen-bond acceptors (Lipinski definition) is 6. The molecule has 9 heteroatoms. The SMILES string of the molecule is COc1ccccc1N1CCN(Cc2cc(-c3ccccc3)ccc2C(F)(F)F)CC1.COc1ccccc1N1CCNCC1.